The summed E-state index contributed by atoms with van der Waals surface area (Å²) in [5.41, 5.74) is 5.95. The Hall–Kier alpha value is -3.49. The first kappa shape index (κ1) is 23.3. The van der Waals surface area contributed by atoms with E-state index in [2.05, 4.69) is 27.3 Å². The second-order valence-corrected chi connectivity index (χ2v) is 9.99. The molecule has 0 radical (unpaired) electrons. The number of aromatic nitrogens is 1. The Bertz CT molecular complexity index is 1220. The molecule has 2 aromatic carbocycles. The fourth-order valence-electron chi connectivity index (χ4n) is 5.60. The van der Waals surface area contributed by atoms with Crippen LogP contribution in [0.4, 0.5) is 0 Å². The van der Waals surface area contributed by atoms with Crippen molar-refractivity contribution >= 4 is 5.91 Å². The topological polar surface area (TPSA) is 69.0 Å². The first-order chi connectivity index (χ1) is 17.1. The predicted octanol–water partition coefficient (Wildman–Crippen LogP) is 5.50. The third kappa shape index (κ3) is 5.44. The van der Waals surface area contributed by atoms with E-state index in [0.717, 1.165) is 74.8 Å². The average Bonchev–Trinajstić information content (AvgIpc) is 2.92. The van der Waals surface area contributed by atoms with Crippen LogP contribution in [-0.4, -0.2) is 34.4 Å². The van der Waals surface area contributed by atoms with Crippen LogP contribution in [0.5, 0.6) is 0 Å². The van der Waals surface area contributed by atoms with Gasteiger partial charge in [-0.15, -0.1) is 0 Å². The molecule has 35 heavy (non-hydrogen) atoms. The summed E-state index contributed by atoms with van der Waals surface area (Å²) in [6.07, 6.45) is 11.2. The quantitative estimate of drug-likeness (QED) is 0.523. The number of rotatable bonds is 6. The second-order valence-electron chi connectivity index (χ2n) is 9.99. The van der Waals surface area contributed by atoms with Gasteiger partial charge < -0.3 is 5.32 Å². The number of carbonyl (C=O) groups excluding carboxylic acids is 1. The first-order valence-electron chi connectivity index (χ1n) is 12.7. The maximum absolute atomic E-state index is 13.4. The number of nitrogens with one attached hydrogen (secondary N) is 1. The SMILES string of the molecule is N#Cc1ccc2c(c1)CCN(CCC1(NC(=O)c3cccc(-c4cccnc4)c3)CCCCC1)C2. The van der Waals surface area contributed by atoms with E-state index in [1.807, 2.05) is 54.7 Å². The normalized spacial score (nSPS) is 17.2. The molecule has 1 fully saturated rings. The minimum absolute atomic E-state index is 0.0191. The number of carbonyl (C=O) groups is 1. The Balaban J connectivity index is 1.27. The Morgan fingerprint density at radius 1 is 1.03 bits per heavy atom. The highest BCUT2D eigenvalue weighted by molar-refractivity contribution is 5.96. The largest absolute Gasteiger partial charge is 0.347 e. The number of nitrogens with zero attached hydrogens (tertiary/aromatic N) is 3. The summed E-state index contributed by atoms with van der Waals surface area (Å²) < 4.78 is 0. The van der Waals surface area contributed by atoms with Crippen molar-refractivity contribution in [3.05, 3.63) is 89.2 Å². The van der Waals surface area contributed by atoms with Crippen molar-refractivity contribution in [3.8, 4) is 17.2 Å². The molecule has 1 amide bonds. The van der Waals surface area contributed by atoms with E-state index in [4.69, 9.17) is 0 Å². The van der Waals surface area contributed by atoms with Crippen LogP contribution in [0.25, 0.3) is 11.1 Å². The molecule has 0 unspecified atom stereocenters. The first-order valence-corrected chi connectivity index (χ1v) is 12.7. The van der Waals surface area contributed by atoms with E-state index in [1.165, 1.54) is 17.5 Å². The molecule has 2 aliphatic rings. The lowest BCUT2D eigenvalue weighted by Gasteiger charge is -2.40. The molecule has 3 aromatic rings. The van der Waals surface area contributed by atoms with Gasteiger partial charge >= 0.3 is 0 Å². The van der Waals surface area contributed by atoms with Gasteiger partial charge in [0.05, 0.1) is 11.6 Å². The van der Waals surface area contributed by atoms with E-state index in [-0.39, 0.29) is 11.4 Å². The number of hydrogen-bond acceptors (Lipinski definition) is 4. The van der Waals surface area contributed by atoms with E-state index >= 15 is 0 Å². The molecule has 2 heterocycles. The van der Waals surface area contributed by atoms with E-state index in [9.17, 15) is 10.1 Å². The molecule has 178 valence electrons. The fraction of sp³-hybridized carbons (Fsp3) is 0.367. The molecule has 0 saturated heterocycles. The highest BCUT2D eigenvalue weighted by atomic mass is 16.1. The zero-order valence-electron chi connectivity index (χ0n) is 20.2. The molecule has 0 spiro atoms. The average molecular weight is 465 g/mol. The van der Waals surface area contributed by atoms with Crippen molar-refractivity contribution in [2.24, 2.45) is 0 Å². The summed E-state index contributed by atoms with van der Waals surface area (Å²) in [6.45, 7) is 2.88. The lowest BCUT2D eigenvalue weighted by atomic mass is 9.78. The standard InChI is InChI=1S/C30H32N4O/c31-20-23-9-10-28-22-34(16-11-25(28)18-23)17-14-30(12-2-1-3-13-30)33-29(35)26-7-4-6-24(19-26)27-8-5-15-32-21-27/h4-10,15,18-19,21H,1-3,11-14,16-17,22H2,(H,33,35). The summed E-state index contributed by atoms with van der Waals surface area (Å²) in [7, 11) is 0. The third-order valence-corrected chi connectivity index (χ3v) is 7.64. The molecule has 0 atom stereocenters. The van der Waals surface area contributed by atoms with Crippen LogP contribution in [0.2, 0.25) is 0 Å². The Morgan fingerprint density at radius 2 is 1.89 bits per heavy atom. The van der Waals surface area contributed by atoms with Crippen molar-refractivity contribution in [2.75, 3.05) is 13.1 Å². The van der Waals surface area contributed by atoms with Crippen LogP contribution in [0, 0.1) is 11.3 Å². The van der Waals surface area contributed by atoms with Crippen molar-refractivity contribution in [1.29, 1.82) is 5.26 Å². The molecular weight excluding hydrogens is 432 g/mol. The van der Waals surface area contributed by atoms with Crippen LogP contribution in [0.3, 0.4) is 0 Å². The number of hydrogen-bond donors (Lipinski definition) is 1. The maximum Gasteiger partial charge on any atom is 0.251 e. The Kier molecular flexibility index (Phi) is 6.92. The summed E-state index contributed by atoms with van der Waals surface area (Å²) in [4.78, 5) is 20.1. The molecule has 1 aromatic heterocycles. The molecule has 1 aliphatic carbocycles. The van der Waals surface area contributed by atoms with Crippen LogP contribution < -0.4 is 5.32 Å². The molecule has 0 bridgehead atoms. The predicted molar refractivity (Wildman–Crippen MR) is 138 cm³/mol. The lowest BCUT2D eigenvalue weighted by molar-refractivity contribution is 0.0840. The molecule has 5 nitrogen and oxygen atoms in total. The summed E-state index contributed by atoms with van der Waals surface area (Å²) in [5, 5.41) is 12.7. The van der Waals surface area contributed by atoms with Crippen molar-refractivity contribution in [2.45, 2.75) is 57.0 Å². The van der Waals surface area contributed by atoms with Gasteiger partial charge in [-0.2, -0.15) is 5.26 Å². The van der Waals surface area contributed by atoms with Gasteiger partial charge in [0.15, 0.2) is 0 Å². The van der Waals surface area contributed by atoms with Gasteiger partial charge in [0.1, 0.15) is 0 Å². The van der Waals surface area contributed by atoms with Gasteiger partial charge in [0, 0.05) is 48.7 Å². The Morgan fingerprint density at radius 3 is 2.69 bits per heavy atom. The van der Waals surface area contributed by atoms with Gasteiger partial charge in [-0.3, -0.25) is 14.7 Å². The van der Waals surface area contributed by atoms with Gasteiger partial charge in [0.25, 0.3) is 5.91 Å². The number of nitriles is 1. The molecule has 5 rings (SSSR count). The minimum Gasteiger partial charge on any atom is -0.347 e. The number of benzene rings is 2. The molecule has 5 heteroatoms. The maximum atomic E-state index is 13.4. The van der Waals surface area contributed by atoms with Gasteiger partial charge in [-0.1, -0.05) is 43.5 Å². The van der Waals surface area contributed by atoms with Gasteiger partial charge in [-0.05, 0) is 72.7 Å². The van der Waals surface area contributed by atoms with Crippen molar-refractivity contribution in [1.82, 2.24) is 15.2 Å². The molecule has 1 saturated carbocycles. The summed E-state index contributed by atoms with van der Waals surface area (Å²) in [5.74, 6) is 0.0191. The number of pyridine rings is 1. The van der Waals surface area contributed by atoms with E-state index in [1.54, 1.807) is 6.20 Å². The fourth-order valence-corrected chi connectivity index (χ4v) is 5.60. The van der Waals surface area contributed by atoms with Gasteiger partial charge in [-0.25, -0.2) is 0 Å². The number of amides is 1. The van der Waals surface area contributed by atoms with Crippen LogP contribution in [-0.2, 0) is 13.0 Å². The zero-order valence-corrected chi connectivity index (χ0v) is 20.2. The van der Waals surface area contributed by atoms with Crippen molar-refractivity contribution in [3.63, 3.8) is 0 Å². The highest BCUT2D eigenvalue weighted by Gasteiger charge is 2.34. The Labute approximate surface area is 207 Å². The highest BCUT2D eigenvalue weighted by Crippen LogP contribution is 2.33. The van der Waals surface area contributed by atoms with Crippen LogP contribution in [0.1, 0.15) is 65.6 Å². The van der Waals surface area contributed by atoms with Gasteiger partial charge in [0.2, 0.25) is 0 Å². The zero-order chi connectivity index (χ0) is 24.1. The second kappa shape index (κ2) is 10.4. The minimum atomic E-state index is -0.148. The summed E-state index contributed by atoms with van der Waals surface area (Å²) >= 11 is 0. The molecular formula is C30H32N4O. The smallest absolute Gasteiger partial charge is 0.251 e. The molecule has 1 aliphatic heterocycles. The monoisotopic (exact) mass is 464 g/mol. The lowest BCUT2D eigenvalue weighted by Crippen LogP contribution is -2.51. The third-order valence-electron chi connectivity index (χ3n) is 7.64. The van der Waals surface area contributed by atoms with Crippen molar-refractivity contribution < 1.29 is 4.79 Å². The molecule has 1 N–H and O–H groups in total. The summed E-state index contributed by atoms with van der Waals surface area (Å²) in [6, 6.07) is 20.1. The van der Waals surface area contributed by atoms with Crippen LogP contribution >= 0.6 is 0 Å². The van der Waals surface area contributed by atoms with Crippen LogP contribution in [0.15, 0.2) is 67.0 Å². The number of fused-ring (bicyclic) bond motifs is 1. The van der Waals surface area contributed by atoms with E-state index < -0.39 is 0 Å². The van der Waals surface area contributed by atoms with E-state index in [0.29, 0.717) is 5.56 Å².